The van der Waals surface area contributed by atoms with Gasteiger partial charge in [0, 0.05) is 18.0 Å². The van der Waals surface area contributed by atoms with Gasteiger partial charge in [-0.25, -0.2) is 14.8 Å². The summed E-state index contributed by atoms with van der Waals surface area (Å²) in [5, 5.41) is 0.995. The van der Waals surface area contributed by atoms with Crippen molar-refractivity contribution in [3.63, 3.8) is 0 Å². The molecular formula is C24H29N3O2S2. The van der Waals surface area contributed by atoms with E-state index in [2.05, 4.69) is 24.1 Å². The third kappa shape index (κ3) is 4.88. The molecule has 1 saturated carbocycles. The number of benzene rings is 1. The third-order valence-corrected chi connectivity index (χ3v) is 8.02. The number of carbonyl (C=O) groups excluding carboxylic acids is 1. The molecule has 0 spiro atoms. The van der Waals surface area contributed by atoms with Crippen molar-refractivity contribution in [1.29, 1.82) is 0 Å². The van der Waals surface area contributed by atoms with Crippen LogP contribution in [0, 0.1) is 6.92 Å². The van der Waals surface area contributed by atoms with Gasteiger partial charge in [0.2, 0.25) is 0 Å². The number of esters is 1. The van der Waals surface area contributed by atoms with Crippen LogP contribution in [-0.2, 0) is 10.5 Å². The first-order valence-corrected chi connectivity index (χ1v) is 12.8. The van der Waals surface area contributed by atoms with E-state index in [0.29, 0.717) is 23.3 Å². The van der Waals surface area contributed by atoms with Crippen molar-refractivity contribution in [2.75, 3.05) is 18.6 Å². The quantitative estimate of drug-likeness (QED) is 0.311. The SMILES string of the molecule is CCOC(=O)c1sc2nc(CSc3ccccc3)nc(N(C)C3CCCCC3)c2c1C. The number of nitrogens with zero attached hydrogens (tertiary/aromatic N) is 3. The Morgan fingerprint density at radius 1 is 1.19 bits per heavy atom. The number of hydrogen-bond donors (Lipinski definition) is 0. The summed E-state index contributed by atoms with van der Waals surface area (Å²) in [6, 6.07) is 10.8. The molecule has 0 bridgehead atoms. The summed E-state index contributed by atoms with van der Waals surface area (Å²) in [5.74, 6) is 2.17. The van der Waals surface area contributed by atoms with Gasteiger partial charge in [0.25, 0.3) is 0 Å². The number of rotatable bonds is 7. The second-order valence-electron chi connectivity index (χ2n) is 7.92. The minimum Gasteiger partial charge on any atom is -0.462 e. The molecule has 31 heavy (non-hydrogen) atoms. The van der Waals surface area contributed by atoms with Gasteiger partial charge in [-0.1, -0.05) is 37.5 Å². The standard InChI is InChI=1S/C24H29N3O2S2/c1-4-29-24(28)21-16(2)20-22(27(3)17-11-7-5-8-12-17)25-19(26-23(20)31-21)15-30-18-13-9-6-10-14-18/h6,9-10,13-14,17H,4-5,7-8,11-12,15H2,1-3H3. The molecule has 5 nitrogen and oxygen atoms in total. The number of aromatic nitrogens is 2. The van der Waals surface area contributed by atoms with E-state index in [1.807, 2.05) is 32.0 Å². The van der Waals surface area contributed by atoms with Crippen molar-refractivity contribution < 1.29 is 9.53 Å². The zero-order chi connectivity index (χ0) is 21.8. The fourth-order valence-corrected chi connectivity index (χ4v) is 6.04. The van der Waals surface area contributed by atoms with E-state index in [-0.39, 0.29) is 5.97 Å². The highest BCUT2D eigenvalue weighted by molar-refractivity contribution is 7.98. The van der Waals surface area contributed by atoms with Crippen molar-refractivity contribution in [2.45, 2.75) is 62.6 Å². The fraction of sp³-hybridized carbons (Fsp3) is 0.458. The van der Waals surface area contributed by atoms with Gasteiger partial charge in [-0.2, -0.15) is 0 Å². The average molecular weight is 456 g/mol. The van der Waals surface area contributed by atoms with Crippen LogP contribution in [0.3, 0.4) is 0 Å². The minimum atomic E-state index is -0.269. The first-order chi connectivity index (χ1) is 15.1. The highest BCUT2D eigenvalue weighted by Gasteiger charge is 2.26. The topological polar surface area (TPSA) is 55.3 Å². The van der Waals surface area contributed by atoms with Crippen LogP contribution in [0.4, 0.5) is 5.82 Å². The molecule has 7 heteroatoms. The molecule has 0 amide bonds. The molecule has 3 aromatic rings. The lowest BCUT2D eigenvalue weighted by Gasteiger charge is -2.32. The van der Waals surface area contributed by atoms with Gasteiger partial charge in [0.05, 0.1) is 17.7 Å². The van der Waals surface area contributed by atoms with E-state index in [1.54, 1.807) is 11.8 Å². The van der Waals surface area contributed by atoms with Crippen LogP contribution in [0.5, 0.6) is 0 Å². The molecule has 164 valence electrons. The summed E-state index contributed by atoms with van der Waals surface area (Å²) in [5.41, 5.74) is 0.929. The van der Waals surface area contributed by atoms with E-state index in [9.17, 15) is 4.79 Å². The highest BCUT2D eigenvalue weighted by Crippen LogP contribution is 2.38. The molecule has 0 atom stereocenters. The van der Waals surface area contributed by atoms with Gasteiger partial charge >= 0.3 is 5.97 Å². The first-order valence-electron chi connectivity index (χ1n) is 11.0. The van der Waals surface area contributed by atoms with Crippen LogP contribution < -0.4 is 4.90 Å². The Balaban J connectivity index is 1.74. The van der Waals surface area contributed by atoms with Gasteiger partial charge in [-0.3, -0.25) is 0 Å². The molecule has 2 aromatic heterocycles. The number of thioether (sulfide) groups is 1. The molecular weight excluding hydrogens is 426 g/mol. The van der Waals surface area contributed by atoms with Crippen LogP contribution in [0.2, 0.25) is 0 Å². The van der Waals surface area contributed by atoms with Gasteiger partial charge in [0.15, 0.2) is 0 Å². The Bertz CT molecular complexity index is 1050. The van der Waals surface area contributed by atoms with Gasteiger partial charge in [0.1, 0.15) is 21.3 Å². The predicted octanol–water partition coefficient (Wildman–Crippen LogP) is 6.24. The molecule has 0 N–H and O–H groups in total. The number of aryl methyl sites for hydroxylation is 1. The lowest BCUT2D eigenvalue weighted by Crippen LogP contribution is -2.34. The lowest BCUT2D eigenvalue weighted by molar-refractivity contribution is 0.0531. The van der Waals surface area contributed by atoms with E-state index < -0.39 is 0 Å². The van der Waals surface area contributed by atoms with E-state index in [1.165, 1.54) is 48.3 Å². The van der Waals surface area contributed by atoms with Crippen LogP contribution in [0.25, 0.3) is 10.2 Å². The Hall–Kier alpha value is -2.12. The second kappa shape index (κ2) is 10.0. The van der Waals surface area contributed by atoms with Gasteiger partial charge in [-0.15, -0.1) is 23.1 Å². The van der Waals surface area contributed by atoms with Gasteiger partial charge in [-0.05, 0) is 44.4 Å². The minimum absolute atomic E-state index is 0.269. The fourth-order valence-electron chi connectivity index (χ4n) is 4.18. The molecule has 1 aromatic carbocycles. The van der Waals surface area contributed by atoms with Crippen molar-refractivity contribution in [1.82, 2.24) is 9.97 Å². The van der Waals surface area contributed by atoms with Crippen LogP contribution in [0.1, 0.15) is 60.1 Å². The maximum absolute atomic E-state index is 12.5. The largest absolute Gasteiger partial charge is 0.462 e. The van der Waals surface area contributed by atoms with Crippen molar-refractivity contribution in [3.05, 3.63) is 46.6 Å². The molecule has 4 rings (SSSR count). The number of carbonyl (C=O) groups is 1. The van der Waals surface area contributed by atoms with Crippen LogP contribution in [-0.4, -0.2) is 35.6 Å². The Labute approximate surface area is 192 Å². The summed E-state index contributed by atoms with van der Waals surface area (Å²) >= 11 is 3.16. The predicted molar refractivity (Wildman–Crippen MR) is 129 cm³/mol. The summed E-state index contributed by atoms with van der Waals surface area (Å²) < 4.78 is 5.30. The molecule has 1 fully saturated rings. The Morgan fingerprint density at radius 2 is 1.94 bits per heavy atom. The van der Waals surface area contributed by atoms with E-state index in [0.717, 1.165) is 27.4 Å². The Morgan fingerprint density at radius 3 is 2.65 bits per heavy atom. The smallest absolute Gasteiger partial charge is 0.348 e. The number of thiophene rings is 1. The second-order valence-corrected chi connectivity index (χ2v) is 9.97. The zero-order valence-corrected chi connectivity index (χ0v) is 20.0. The number of ether oxygens (including phenoxy) is 1. The molecule has 0 aliphatic heterocycles. The number of fused-ring (bicyclic) bond motifs is 1. The van der Waals surface area contributed by atoms with Crippen molar-refractivity contribution in [3.8, 4) is 0 Å². The normalized spacial score (nSPS) is 14.7. The first kappa shape index (κ1) is 22.1. The molecule has 0 unspecified atom stereocenters. The molecule has 0 saturated heterocycles. The van der Waals surface area contributed by atoms with Crippen molar-refractivity contribution >= 4 is 45.1 Å². The van der Waals surface area contributed by atoms with Gasteiger partial charge < -0.3 is 9.64 Å². The maximum Gasteiger partial charge on any atom is 0.348 e. The van der Waals surface area contributed by atoms with Crippen LogP contribution in [0.15, 0.2) is 35.2 Å². The lowest BCUT2D eigenvalue weighted by atomic mass is 9.94. The van der Waals surface area contributed by atoms with E-state index >= 15 is 0 Å². The Kier molecular flexibility index (Phi) is 7.13. The molecule has 1 aliphatic rings. The van der Waals surface area contributed by atoms with Crippen molar-refractivity contribution in [2.24, 2.45) is 0 Å². The summed E-state index contributed by atoms with van der Waals surface area (Å²) in [6.45, 7) is 4.19. The zero-order valence-electron chi connectivity index (χ0n) is 18.4. The number of anilines is 1. The molecule has 0 radical (unpaired) electrons. The number of hydrogen-bond acceptors (Lipinski definition) is 7. The maximum atomic E-state index is 12.5. The summed E-state index contributed by atoms with van der Waals surface area (Å²) in [4.78, 5) is 27.4. The summed E-state index contributed by atoms with van der Waals surface area (Å²) in [6.07, 6.45) is 6.20. The van der Waals surface area contributed by atoms with Crippen LogP contribution >= 0.6 is 23.1 Å². The van der Waals surface area contributed by atoms with E-state index in [4.69, 9.17) is 14.7 Å². The monoisotopic (exact) mass is 455 g/mol. The average Bonchev–Trinajstić information content (AvgIpc) is 3.14. The summed E-state index contributed by atoms with van der Waals surface area (Å²) in [7, 11) is 2.15. The molecule has 1 aliphatic carbocycles. The highest BCUT2D eigenvalue weighted by atomic mass is 32.2. The third-order valence-electron chi connectivity index (χ3n) is 5.85. The molecule has 2 heterocycles.